The quantitative estimate of drug-likeness (QED) is 0.618. The van der Waals surface area contributed by atoms with Crippen molar-refractivity contribution in [2.45, 2.75) is 18.8 Å². The van der Waals surface area contributed by atoms with Crippen LogP contribution in [0.1, 0.15) is 24.3 Å². The molecule has 1 aromatic heterocycles. The van der Waals surface area contributed by atoms with Crippen molar-refractivity contribution in [2.24, 2.45) is 0 Å². The summed E-state index contributed by atoms with van der Waals surface area (Å²) in [5.74, 6) is 1.51. The van der Waals surface area contributed by atoms with E-state index < -0.39 is 0 Å². The first-order valence-corrected chi connectivity index (χ1v) is 9.79. The minimum Gasteiger partial charge on any atom is -0.397 e. The molecule has 0 unspecified atom stereocenters. The van der Waals surface area contributed by atoms with Crippen LogP contribution in [0.5, 0.6) is 0 Å². The van der Waals surface area contributed by atoms with Gasteiger partial charge in [-0.2, -0.15) is 0 Å². The number of nitrogens with zero attached hydrogens (tertiary/aromatic N) is 2. The third-order valence-electron chi connectivity index (χ3n) is 5.59. The summed E-state index contributed by atoms with van der Waals surface area (Å²) in [7, 11) is 0. The molecular weight excluding hydrogens is 334 g/mol. The molecule has 1 saturated heterocycles. The van der Waals surface area contributed by atoms with E-state index in [0.29, 0.717) is 5.92 Å². The maximum Gasteiger partial charge on any atom is 0.130 e. The number of rotatable bonds is 4. The van der Waals surface area contributed by atoms with Crippen molar-refractivity contribution < 1.29 is 0 Å². The van der Waals surface area contributed by atoms with Crippen molar-refractivity contribution in [3.05, 3.63) is 54.2 Å². The monoisotopic (exact) mass is 359 g/mol. The SMILES string of the molecule is Nc1ccccc1Nc1cc2ccc(N3CCNCC3)c(C3CC3)c2cn1. The Morgan fingerprint density at radius 1 is 1.07 bits per heavy atom. The van der Waals surface area contributed by atoms with Crippen LogP contribution in [-0.2, 0) is 0 Å². The average Bonchev–Trinajstić information content (AvgIpc) is 3.54. The normalized spacial score (nSPS) is 17.3. The number of hydrogen-bond acceptors (Lipinski definition) is 5. The maximum atomic E-state index is 6.05. The Morgan fingerprint density at radius 3 is 2.67 bits per heavy atom. The minimum absolute atomic E-state index is 0.684. The molecule has 4 N–H and O–H groups in total. The van der Waals surface area contributed by atoms with Crippen LogP contribution in [0.15, 0.2) is 48.7 Å². The molecule has 1 aliphatic carbocycles. The fraction of sp³-hybridized carbons (Fsp3) is 0.318. The standard InChI is InChI=1S/C22H25N5/c23-18-3-1-2-4-19(18)26-21-13-16-7-8-20(27-11-9-24-10-12-27)22(15-5-6-15)17(16)14-25-21/h1-4,7-8,13-15,24H,5-6,9-12,23H2,(H,25,26). The van der Waals surface area contributed by atoms with Gasteiger partial charge in [-0.15, -0.1) is 0 Å². The summed E-state index contributed by atoms with van der Waals surface area (Å²) < 4.78 is 0. The molecule has 5 nitrogen and oxygen atoms in total. The largest absolute Gasteiger partial charge is 0.397 e. The highest BCUT2D eigenvalue weighted by Crippen LogP contribution is 2.47. The van der Waals surface area contributed by atoms with Gasteiger partial charge in [-0.3, -0.25) is 0 Å². The van der Waals surface area contributed by atoms with Gasteiger partial charge in [-0.25, -0.2) is 4.98 Å². The fourth-order valence-electron chi connectivity index (χ4n) is 4.03. The van der Waals surface area contributed by atoms with Crippen LogP contribution in [0, 0.1) is 0 Å². The second-order valence-corrected chi connectivity index (χ2v) is 7.51. The maximum absolute atomic E-state index is 6.05. The van der Waals surface area contributed by atoms with E-state index >= 15 is 0 Å². The highest BCUT2D eigenvalue weighted by atomic mass is 15.2. The van der Waals surface area contributed by atoms with Crippen LogP contribution in [0.25, 0.3) is 10.8 Å². The summed E-state index contributed by atoms with van der Waals surface area (Å²) in [6.07, 6.45) is 4.62. The Bertz CT molecular complexity index is 974. The molecule has 2 heterocycles. The Hall–Kier alpha value is -2.79. The highest BCUT2D eigenvalue weighted by molar-refractivity contribution is 5.93. The van der Waals surface area contributed by atoms with Gasteiger partial charge < -0.3 is 21.3 Å². The minimum atomic E-state index is 0.684. The van der Waals surface area contributed by atoms with Crippen LogP contribution in [-0.4, -0.2) is 31.2 Å². The van der Waals surface area contributed by atoms with E-state index in [1.807, 2.05) is 30.5 Å². The van der Waals surface area contributed by atoms with Gasteiger partial charge in [-0.05, 0) is 54.0 Å². The van der Waals surface area contributed by atoms with Crippen molar-refractivity contribution in [3.63, 3.8) is 0 Å². The molecule has 27 heavy (non-hydrogen) atoms. The second kappa shape index (κ2) is 6.74. The summed E-state index contributed by atoms with van der Waals surface area (Å²) in [5.41, 5.74) is 10.6. The Kier molecular flexibility index (Phi) is 4.09. The molecule has 2 aliphatic rings. The molecule has 0 atom stereocenters. The Balaban J connectivity index is 1.53. The number of para-hydroxylation sites is 2. The topological polar surface area (TPSA) is 66.2 Å². The van der Waals surface area contributed by atoms with Crippen molar-refractivity contribution in [3.8, 4) is 0 Å². The van der Waals surface area contributed by atoms with E-state index in [2.05, 4.69) is 33.7 Å². The van der Waals surface area contributed by atoms with Gasteiger partial charge in [-0.1, -0.05) is 18.2 Å². The Morgan fingerprint density at radius 2 is 1.89 bits per heavy atom. The van der Waals surface area contributed by atoms with E-state index in [9.17, 15) is 0 Å². The molecule has 0 amide bonds. The van der Waals surface area contributed by atoms with Gasteiger partial charge in [0.1, 0.15) is 5.82 Å². The smallest absolute Gasteiger partial charge is 0.130 e. The van der Waals surface area contributed by atoms with Crippen molar-refractivity contribution >= 4 is 33.7 Å². The van der Waals surface area contributed by atoms with Gasteiger partial charge in [0, 0.05) is 43.4 Å². The molecule has 2 fully saturated rings. The van der Waals surface area contributed by atoms with Crippen molar-refractivity contribution in [1.82, 2.24) is 10.3 Å². The van der Waals surface area contributed by atoms with E-state index in [0.717, 1.165) is 43.4 Å². The van der Waals surface area contributed by atoms with Gasteiger partial charge in [0.15, 0.2) is 0 Å². The van der Waals surface area contributed by atoms with Crippen LogP contribution in [0.2, 0.25) is 0 Å². The third-order valence-corrected chi connectivity index (χ3v) is 5.59. The summed E-state index contributed by atoms with van der Waals surface area (Å²) in [5, 5.41) is 9.33. The Labute approximate surface area is 159 Å². The number of benzene rings is 2. The van der Waals surface area contributed by atoms with E-state index in [1.54, 1.807) is 0 Å². The predicted octanol–water partition coefficient (Wildman–Crippen LogP) is 3.85. The van der Waals surface area contributed by atoms with Crippen LogP contribution >= 0.6 is 0 Å². The van der Waals surface area contributed by atoms with Gasteiger partial charge in [0.25, 0.3) is 0 Å². The molecule has 0 spiro atoms. The molecule has 5 heteroatoms. The zero-order valence-corrected chi connectivity index (χ0v) is 15.4. The molecular formula is C22H25N5. The average molecular weight is 359 g/mol. The number of nitrogen functional groups attached to an aromatic ring is 1. The zero-order chi connectivity index (χ0) is 18.2. The van der Waals surface area contributed by atoms with Crippen LogP contribution < -0.4 is 21.3 Å². The van der Waals surface area contributed by atoms with E-state index in [4.69, 9.17) is 10.7 Å². The number of piperazine rings is 1. The lowest BCUT2D eigenvalue weighted by Gasteiger charge is -2.32. The molecule has 1 aliphatic heterocycles. The molecule has 138 valence electrons. The molecule has 3 aromatic rings. The second-order valence-electron chi connectivity index (χ2n) is 7.51. The van der Waals surface area contributed by atoms with Gasteiger partial charge >= 0.3 is 0 Å². The van der Waals surface area contributed by atoms with Crippen molar-refractivity contribution in [2.75, 3.05) is 42.1 Å². The van der Waals surface area contributed by atoms with E-state index in [1.165, 1.54) is 34.9 Å². The van der Waals surface area contributed by atoms with Crippen molar-refractivity contribution in [1.29, 1.82) is 0 Å². The van der Waals surface area contributed by atoms with E-state index in [-0.39, 0.29) is 0 Å². The number of fused-ring (bicyclic) bond motifs is 1. The van der Waals surface area contributed by atoms with Crippen LogP contribution in [0.3, 0.4) is 0 Å². The number of anilines is 4. The number of aromatic nitrogens is 1. The van der Waals surface area contributed by atoms with Gasteiger partial charge in [0.2, 0.25) is 0 Å². The highest BCUT2D eigenvalue weighted by Gasteiger charge is 2.30. The molecule has 1 saturated carbocycles. The lowest BCUT2D eigenvalue weighted by Crippen LogP contribution is -2.43. The first kappa shape index (κ1) is 16.4. The lowest BCUT2D eigenvalue weighted by molar-refractivity contribution is 0.588. The fourth-order valence-corrected chi connectivity index (χ4v) is 4.03. The number of nitrogens with two attached hydrogens (primary N) is 1. The number of hydrogen-bond donors (Lipinski definition) is 3. The lowest BCUT2D eigenvalue weighted by atomic mass is 9.99. The first-order chi connectivity index (χ1) is 13.3. The number of pyridine rings is 1. The third kappa shape index (κ3) is 3.19. The molecule has 2 aromatic carbocycles. The van der Waals surface area contributed by atoms with Gasteiger partial charge in [0.05, 0.1) is 11.4 Å². The molecule has 5 rings (SSSR count). The number of nitrogens with one attached hydrogen (secondary N) is 2. The van der Waals surface area contributed by atoms with Crippen LogP contribution in [0.4, 0.5) is 22.9 Å². The molecule has 0 radical (unpaired) electrons. The zero-order valence-electron chi connectivity index (χ0n) is 15.4. The molecule has 0 bridgehead atoms. The first-order valence-electron chi connectivity index (χ1n) is 9.79. The summed E-state index contributed by atoms with van der Waals surface area (Å²) in [6, 6.07) is 14.5. The predicted molar refractivity (Wildman–Crippen MR) is 113 cm³/mol. The summed E-state index contributed by atoms with van der Waals surface area (Å²) in [6.45, 7) is 4.26. The summed E-state index contributed by atoms with van der Waals surface area (Å²) in [4.78, 5) is 7.23. The summed E-state index contributed by atoms with van der Waals surface area (Å²) >= 11 is 0.